The molecule has 0 saturated heterocycles. The second-order valence-electron chi connectivity index (χ2n) is 27.1. The van der Waals surface area contributed by atoms with Gasteiger partial charge in [-0.1, -0.05) is 424 Å². The van der Waals surface area contributed by atoms with Crippen molar-refractivity contribution in [3.63, 3.8) is 0 Å². The van der Waals surface area contributed by atoms with Gasteiger partial charge in [-0.05, 0) is 37.8 Å². The van der Waals surface area contributed by atoms with Crippen LogP contribution in [0.3, 0.4) is 0 Å². The van der Waals surface area contributed by atoms with E-state index in [1.807, 2.05) is 0 Å². The lowest BCUT2D eigenvalue weighted by atomic mass is 9.98. The van der Waals surface area contributed by atoms with E-state index in [-0.39, 0.29) is 5.78 Å². The zero-order chi connectivity index (χ0) is 60.0. The molecule has 2 aromatic rings. The molecule has 0 aliphatic heterocycles. The Bertz CT molecular complexity index is 1550. The zero-order valence-corrected chi connectivity index (χ0v) is 57.7. The molecule has 0 bridgehead atoms. The summed E-state index contributed by atoms with van der Waals surface area (Å²) in [6, 6.07) is 17.1. The van der Waals surface area contributed by atoms with Crippen LogP contribution in [0.5, 0.6) is 0 Å². The van der Waals surface area contributed by atoms with E-state index >= 15 is 0 Å². The summed E-state index contributed by atoms with van der Waals surface area (Å²) in [7, 11) is 0. The van der Waals surface area contributed by atoms with E-state index in [0.29, 0.717) is 0 Å². The lowest BCUT2D eigenvalue weighted by molar-refractivity contribution is 0.103. The van der Waals surface area contributed by atoms with E-state index < -0.39 is 0 Å². The maximum absolute atomic E-state index is 14.9. The van der Waals surface area contributed by atoms with E-state index in [1.54, 1.807) is 0 Å². The zero-order valence-electron chi connectivity index (χ0n) is 57.7. The first-order valence-corrected chi connectivity index (χ1v) is 38.9. The van der Waals surface area contributed by atoms with Crippen molar-refractivity contribution in [1.29, 1.82) is 0 Å². The maximum atomic E-state index is 14.9. The van der Waals surface area contributed by atoms with Crippen LogP contribution in [0.15, 0.2) is 48.5 Å². The number of ketones is 1. The van der Waals surface area contributed by atoms with Gasteiger partial charge in [-0.25, -0.2) is 0 Å². The van der Waals surface area contributed by atoms with Crippen molar-refractivity contribution in [2.75, 3.05) is 36.0 Å². The van der Waals surface area contributed by atoms with Crippen LogP contribution in [0, 0.1) is 0 Å². The quantitative estimate of drug-likeness (QED) is 0.0487. The number of hydrogen-bond acceptors (Lipinski definition) is 3. The lowest BCUT2D eigenvalue weighted by Crippen LogP contribution is -2.33. The van der Waals surface area contributed by atoms with E-state index in [9.17, 15) is 4.79 Å². The van der Waals surface area contributed by atoms with Gasteiger partial charge in [-0.2, -0.15) is 0 Å². The Labute approximate surface area is 527 Å². The smallest absolute Gasteiger partial charge is 0.195 e. The molecule has 3 nitrogen and oxygen atoms in total. The van der Waals surface area contributed by atoms with Crippen molar-refractivity contribution in [3.05, 3.63) is 59.7 Å². The number of carbonyl (C=O) groups excluding carboxylic acids is 1. The van der Waals surface area contributed by atoms with Crippen LogP contribution in [0.25, 0.3) is 0 Å². The third kappa shape index (κ3) is 45.9. The normalized spacial score (nSPS) is 11.6. The van der Waals surface area contributed by atoms with Gasteiger partial charge in [0.2, 0.25) is 0 Å². The van der Waals surface area contributed by atoms with Crippen molar-refractivity contribution in [3.8, 4) is 0 Å². The topological polar surface area (TPSA) is 23.6 Å². The highest BCUT2D eigenvalue weighted by molar-refractivity contribution is 6.14. The molecule has 2 aromatic carbocycles. The van der Waals surface area contributed by atoms with Crippen LogP contribution in [-0.4, -0.2) is 32.0 Å². The predicted molar refractivity (Wildman–Crippen MR) is 380 cm³/mol. The van der Waals surface area contributed by atoms with Crippen LogP contribution >= 0.6 is 0 Å². The maximum Gasteiger partial charge on any atom is 0.195 e. The fourth-order valence-electron chi connectivity index (χ4n) is 13.4. The average molecular weight is 1170 g/mol. The van der Waals surface area contributed by atoms with Crippen LogP contribution in [0.2, 0.25) is 0 Å². The number of carbonyl (C=O) groups is 1. The highest BCUT2D eigenvalue weighted by Crippen LogP contribution is 2.37. The molecule has 2 rings (SSSR count). The summed E-state index contributed by atoms with van der Waals surface area (Å²) in [5.74, 6) is 0.198. The summed E-state index contributed by atoms with van der Waals surface area (Å²) in [4.78, 5) is 20.5. The Hall–Kier alpha value is -2.29. The number of unbranched alkanes of at least 4 members (excludes halogenated alkanes) is 56. The molecule has 0 atom stereocenters. The van der Waals surface area contributed by atoms with Crippen molar-refractivity contribution < 1.29 is 4.79 Å². The van der Waals surface area contributed by atoms with Gasteiger partial charge < -0.3 is 9.80 Å². The van der Waals surface area contributed by atoms with E-state index in [0.717, 1.165) is 37.3 Å². The predicted octanol–water partition coefficient (Wildman–Crippen LogP) is 28.0. The summed E-state index contributed by atoms with van der Waals surface area (Å²) in [5.41, 5.74) is 4.35. The Morgan fingerprint density at radius 1 is 0.238 bits per heavy atom. The first kappa shape index (κ1) is 77.8. The SMILES string of the molecule is CCCCCCCCCCCCCCCCCN(CCCCCCCCCCCCCCCCC)c1cccc(C(=O)c2ccccc2)c1N(CCCCCCCCCCCCCCCCC)CCCCCCCCCCCCCCCCC. The minimum absolute atomic E-state index is 0.198. The molecule has 0 heterocycles. The van der Waals surface area contributed by atoms with Crippen molar-refractivity contribution in [1.82, 2.24) is 0 Å². The van der Waals surface area contributed by atoms with Crippen LogP contribution < -0.4 is 9.80 Å². The fourth-order valence-corrected chi connectivity index (χ4v) is 13.4. The van der Waals surface area contributed by atoms with Gasteiger partial charge in [0.05, 0.1) is 11.4 Å². The Morgan fingerprint density at radius 3 is 0.690 bits per heavy atom. The first-order valence-electron chi connectivity index (χ1n) is 38.9. The van der Waals surface area contributed by atoms with Crippen molar-refractivity contribution in [2.24, 2.45) is 0 Å². The number of hydrogen-bond donors (Lipinski definition) is 0. The molecule has 488 valence electrons. The van der Waals surface area contributed by atoms with Gasteiger partial charge in [0.25, 0.3) is 0 Å². The summed E-state index contributed by atoms with van der Waals surface area (Å²) in [6.07, 6.45) is 83.6. The van der Waals surface area contributed by atoms with E-state index in [4.69, 9.17) is 0 Å². The molecule has 0 saturated carbocycles. The number of rotatable bonds is 68. The number of para-hydroxylation sites is 1. The molecule has 84 heavy (non-hydrogen) atoms. The number of anilines is 2. The van der Waals surface area contributed by atoms with Gasteiger partial charge in [-0.3, -0.25) is 4.79 Å². The molecular formula is C81H148N2O. The third-order valence-corrected chi connectivity index (χ3v) is 19.1. The van der Waals surface area contributed by atoms with Crippen molar-refractivity contribution in [2.45, 2.75) is 413 Å². The monoisotopic (exact) mass is 1170 g/mol. The standard InChI is InChI=1S/C81H148N2O/c1-5-9-13-17-21-25-29-33-37-41-45-49-53-57-64-73-82(74-65-58-54-50-46-42-38-34-30-26-22-18-14-10-6-2)79-72-68-71-78(81(84)77-69-62-61-63-70-77)80(79)83(75-66-59-55-51-47-43-39-35-31-27-23-19-15-11-7-3)76-67-60-56-52-48-44-40-36-32-28-24-20-16-12-8-4/h61-63,68-72H,5-60,64-67,73-76H2,1-4H3. The Morgan fingerprint density at radius 2 is 0.452 bits per heavy atom. The van der Waals surface area contributed by atoms with Crippen LogP contribution in [-0.2, 0) is 0 Å². The molecule has 0 radical (unpaired) electrons. The van der Waals surface area contributed by atoms with Gasteiger partial charge in [-0.15, -0.1) is 0 Å². The van der Waals surface area contributed by atoms with Gasteiger partial charge in [0, 0.05) is 37.3 Å². The molecule has 0 aliphatic rings. The Balaban J connectivity index is 2.19. The van der Waals surface area contributed by atoms with Crippen molar-refractivity contribution >= 4 is 17.2 Å². The third-order valence-electron chi connectivity index (χ3n) is 19.1. The van der Waals surface area contributed by atoms with E-state index in [2.05, 4.69) is 86.0 Å². The highest BCUT2D eigenvalue weighted by Gasteiger charge is 2.24. The fraction of sp³-hybridized carbons (Fsp3) is 0.840. The van der Waals surface area contributed by atoms with Gasteiger partial charge in [0.1, 0.15) is 0 Å². The molecule has 0 unspecified atom stereocenters. The molecule has 3 heteroatoms. The second kappa shape index (κ2) is 62.3. The summed E-state index contributed by atoms with van der Waals surface area (Å²) in [6.45, 7) is 13.6. The molecule has 0 aromatic heterocycles. The largest absolute Gasteiger partial charge is 0.370 e. The summed E-state index contributed by atoms with van der Waals surface area (Å²) >= 11 is 0. The Kier molecular flexibility index (Phi) is 57.7. The molecule has 0 fully saturated rings. The molecular weight excluding hydrogens is 1020 g/mol. The minimum Gasteiger partial charge on any atom is -0.370 e. The second-order valence-corrected chi connectivity index (χ2v) is 27.1. The molecule has 0 amide bonds. The number of nitrogens with zero attached hydrogens (tertiary/aromatic N) is 2. The van der Waals surface area contributed by atoms with Crippen LogP contribution in [0.4, 0.5) is 11.4 Å². The van der Waals surface area contributed by atoms with Gasteiger partial charge >= 0.3 is 0 Å². The van der Waals surface area contributed by atoms with Gasteiger partial charge in [0.15, 0.2) is 5.78 Å². The van der Waals surface area contributed by atoms with E-state index in [1.165, 1.54) is 397 Å². The molecule has 0 N–H and O–H groups in total. The van der Waals surface area contributed by atoms with Crippen LogP contribution in [0.1, 0.15) is 429 Å². The lowest BCUT2D eigenvalue weighted by Gasteiger charge is -2.34. The molecule has 0 aliphatic carbocycles. The average Bonchev–Trinajstić information content (AvgIpc) is 3.56. The first-order chi connectivity index (χ1) is 41.7. The number of benzene rings is 2. The molecule has 0 spiro atoms. The summed E-state index contributed by atoms with van der Waals surface area (Å²) in [5, 5.41) is 0. The summed E-state index contributed by atoms with van der Waals surface area (Å²) < 4.78 is 0. The minimum atomic E-state index is 0.198. The highest BCUT2D eigenvalue weighted by atomic mass is 16.1.